The van der Waals surface area contributed by atoms with Gasteiger partial charge in [0, 0.05) is 24.1 Å². The molecule has 30 heavy (non-hydrogen) atoms. The maximum Gasteiger partial charge on any atom is 0.358 e. The number of likely N-dealkylation sites (tertiary alicyclic amines) is 1. The van der Waals surface area contributed by atoms with E-state index in [2.05, 4.69) is 24.1 Å². The molecule has 0 unspecified atom stereocenters. The van der Waals surface area contributed by atoms with Crippen LogP contribution in [0, 0.1) is 5.41 Å². The summed E-state index contributed by atoms with van der Waals surface area (Å²) >= 11 is 3.05. The number of nitrogens with zero attached hydrogens (tertiary/aromatic N) is 2. The highest BCUT2D eigenvalue weighted by Gasteiger charge is 2.34. The van der Waals surface area contributed by atoms with Gasteiger partial charge in [-0.25, -0.2) is 9.78 Å². The van der Waals surface area contributed by atoms with Crippen molar-refractivity contribution >= 4 is 35.0 Å². The van der Waals surface area contributed by atoms with E-state index in [9.17, 15) is 9.59 Å². The average molecular weight is 451 g/mol. The highest BCUT2D eigenvalue weighted by Crippen LogP contribution is 2.47. The summed E-state index contributed by atoms with van der Waals surface area (Å²) in [4.78, 5) is 30.6. The highest BCUT2D eigenvalue weighted by molar-refractivity contribution is 8.01. The van der Waals surface area contributed by atoms with E-state index in [0.29, 0.717) is 24.1 Å². The highest BCUT2D eigenvalue weighted by atomic mass is 32.2. The molecule has 1 aliphatic heterocycles. The van der Waals surface area contributed by atoms with Crippen LogP contribution < -0.4 is 0 Å². The molecular weight excluding hydrogens is 416 g/mol. The van der Waals surface area contributed by atoms with Crippen molar-refractivity contribution < 1.29 is 14.3 Å². The normalized spacial score (nSPS) is 20.9. The molecule has 7 heteroatoms. The lowest BCUT2D eigenvalue weighted by molar-refractivity contribution is -0.128. The number of hydrogen-bond donors (Lipinski definition) is 0. The first-order valence-electron chi connectivity index (χ1n) is 11.2. The van der Waals surface area contributed by atoms with Crippen molar-refractivity contribution in [1.82, 2.24) is 9.88 Å². The first kappa shape index (κ1) is 23.3. The molecule has 166 valence electrons. The van der Waals surface area contributed by atoms with Gasteiger partial charge in [-0.15, -0.1) is 11.3 Å². The minimum absolute atomic E-state index is 0.150. The van der Waals surface area contributed by atoms with Gasteiger partial charge < -0.3 is 9.64 Å². The number of rotatable bonds is 11. The Morgan fingerprint density at radius 3 is 2.93 bits per heavy atom. The molecule has 5 nitrogen and oxygen atoms in total. The van der Waals surface area contributed by atoms with E-state index >= 15 is 0 Å². The molecule has 0 aromatic carbocycles. The number of hydrogen-bond acceptors (Lipinski definition) is 6. The fourth-order valence-electron chi connectivity index (χ4n) is 4.27. The molecule has 1 atom stereocenters. The largest absolute Gasteiger partial charge is 0.458 e. The number of esters is 1. The molecule has 1 aliphatic carbocycles. The lowest BCUT2D eigenvalue weighted by Gasteiger charge is -2.41. The molecule has 1 aromatic heterocycles. The Hall–Kier alpha value is -1.34. The third-order valence-corrected chi connectivity index (χ3v) is 8.33. The summed E-state index contributed by atoms with van der Waals surface area (Å²) < 4.78 is 6.03. The molecular formula is C23H34N2O3S2. The minimum Gasteiger partial charge on any atom is -0.458 e. The molecule has 0 radical (unpaired) electrons. The second-order valence-electron chi connectivity index (χ2n) is 8.67. The van der Waals surface area contributed by atoms with E-state index < -0.39 is 0 Å². The molecule has 0 spiro atoms. The van der Waals surface area contributed by atoms with Crippen molar-refractivity contribution in [3.8, 4) is 0 Å². The van der Waals surface area contributed by atoms with Crippen molar-refractivity contribution in [2.75, 3.05) is 12.3 Å². The van der Waals surface area contributed by atoms with Gasteiger partial charge in [-0.05, 0) is 51.4 Å². The quantitative estimate of drug-likeness (QED) is 0.246. The van der Waals surface area contributed by atoms with Crippen molar-refractivity contribution in [2.24, 2.45) is 5.41 Å². The Morgan fingerprint density at radius 1 is 1.47 bits per heavy atom. The van der Waals surface area contributed by atoms with Crippen molar-refractivity contribution in [3.63, 3.8) is 0 Å². The summed E-state index contributed by atoms with van der Waals surface area (Å²) in [5, 5.41) is 1.74. The topological polar surface area (TPSA) is 59.5 Å². The summed E-state index contributed by atoms with van der Waals surface area (Å²) in [5.74, 6) is 0.649. The van der Waals surface area contributed by atoms with Gasteiger partial charge in [-0.2, -0.15) is 0 Å². The second-order valence-corrected chi connectivity index (χ2v) is 10.9. The maximum absolute atomic E-state index is 12.3. The van der Waals surface area contributed by atoms with E-state index in [4.69, 9.17) is 4.74 Å². The van der Waals surface area contributed by atoms with Gasteiger partial charge in [0.1, 0.15) is 0 Å². The smallest absolute Gasteiger partial charge is 0.358 e. The number of ether oxygens (including phenoxy) is 1. The van der Waals surface area contributed by atoms with Gasteiger partial charge in [0.15, 0.2) is 10.0 Å². The van der Waals surface area contributed by atoms with Crippen LogP contribution >= 0.6 is 23.1 Å². The van der Waals surface area contributed by atoms with Crippen LogP contribution in [-0.4, -0.2) is 46.2 Å². The third-order valence-electron chi connectivity index (χ3n) is 6.33. The zero-order chi connectivity index (χ0) is 21.6. The zero-order valence-electron chi connectivity index (χ0n) is 18.4. The Kier molecular flexibility index (Phi) is 8.40. The summed E-state index contributed by atoms with van der Waals surface area (Å²) in [5.41, 5.74) is 0.964. The predicted molar refractivity (Wildman–Crippen MR) is 123 cm³/mol. The van der Waals surface area contributed by atoms with Crippen LogP contribution in [0.3, 0.4) is 0 Å². The summed E-state index contributed by atoms with van der Waals surface area (Å²) in [6, 6.07) is 0.227. The SMILES string of the molecule is CCC1(CC/C=C/[C@H]2CCC(=O)N2CCSc2nc(C(=O)OC(C)C)cs2)CCC1. The number of aromatic nitrogens is 1. The van der Waals surface area contributed by atoms with E-state index in [-0.39, 0.29) is 24.0 Å². The van der Waals surface area contributed by atoms with Gasteiger partial charge >= 0.3 is 5.97 Å². The van der Waals surface area contributed by atoms with Crippen LogP contribution in [0.15, 0.2) is 21.9 Å². The van der Waals surface area contributed by atoms with E-state index in [1.807, 2.05) is 18.7 Å². The van der Waals surface area contributed by atoms with Crippen LogP contribution in [-0.2, 0) is 9.53 Å². The molecule has 0 N–H and O–H groups in total. The number of allylic oxidation sites excluding steroid dienone is 1. The number of amides is 1. The lowest BCUT2D eigenvalue weighted by atomic mass is 9.64. The monoisotopic (exact) mass is 450 g/mol. The minimum atomic E-state index is -0.375. The number of carbonyl (C=O) groups is 2. The summed E-state index contributed by atoms with van der Waals surface area (Å²) in [6.45, 7) is 6.68. The molecule has 2 heterocycles. The summed E-state index contributed by atoms with van der Waals surface area (Å²) in [7, 11) is 0. The second kappa shape index (κ2) is 10.8. The van der Waals surface area contributed by atoms with E-state index in [1.165, 1.54) is 43.4 Å². The van der Waals surface area contributed by atoms with Crippen molar-refractivity contribution in [3.05, 3.63) is 23.2 Å². The molecule has 3 rings (SSSR count). The average Bonchev–Trinajstić information content (AvgIpc) is 3.28. The van der Waals surface area contributed by atoms with Gasteiger partial charge in [0.2, 0.25) is 5.91 Å². The number of carbonyl (C=O) groups excluding carboxylic acids is 2. The van der Waals surface area contributed by atoms with Gasteiger partial charge in [-0.3, -0.25) is 4.79 Å². The zero-order valence-corrected chi connectivity index (χ0v) is 20.0. The Balaban J connectivity index is 1.43. The first-order valence-corrected chi connectivity index (χ1v) is 13.0. The number of thioether (sulfide) groups is 1. The fraction of sp³-hybridized carbons (Fsp3) is 0.696. The molecule has 1 saturated heterocycles. The van der Waals surface area contributed by atoms with Crippen LogP contribution in [0.1, 0.15) is 82.6 Å². The van der Waals surface area contributed by atoms with E-state index in [1.54, 1.807) is 17.1 Å². The Morgan fingerprint density at radius 2 is 2.27 bits per heavy atom. The predicted octanol–water partition coefficient (Wildman–Crippen LogP) is 5.71. The fourth-order valence-corrected chi connectivity index (χ4v) is 6.07. The maximum atomic E-state index is 12.3. The van der Waals surface area contributed by atoms with Gasteiger partial charge in [0.05, 0.1) is 12.1 Å². The standard InChI is InChI=1S/C23H34N2O3S2/c1-4-23(12-7-13-23)11-6-5-8-18-9-10-20(26)25(18)14-15-29-22-24-19(16-30-22)21(27)28-17(2)3/h5,8,16-18H,4,6-7,9-15H2,1-3H3/b8-5+/t18-/m0/s1. The molecule has 1 amide bonds. The summed E-state index contributed by atoms with van der Waals surface area (Å²) in [6.07, 6.45) is 13.8. The molecule has 1 aromatic rings. The molecule has 2 fully saturated rings. The van der Waals surface area contributed by atoms with Gasteiger partial charge in [-0.1, -0.05) is 43.7 Å². The lowest BCUT2D eigenvalue weighted by Crippen LogP contribution is -2.33. The van der Waals surface area contributed by atoms with Crippen LogP contribution in [0.25, 0.3) is 0 Å². The molecule has 2 aliphatic rings. The number of thiazole rings is 1. The molecule has 1 saturated carbocycles. The van der Waals surface area contributed by atoms with Crippen molar-refractivity contribution in [1.29, 1.82) is 0 Å². The Labute approximate surface area is 188 Å². The van der Waals surface area contributed by atoms with E-state index in [0.717, 1.165) is 22.9 Å². The van der Waals surface area contributed by atoms with Crippen LogP contribution in [0.4, 0.5) is 0 Å². The Bertz CT molecular complexity index is 750. The third kappa shape index (κ3) is 6.10. The van der Waals surface area contributed by atoms with Crippen molar-refractivity contribution in [2.45, 2.75) is 88.6 Å². The van der Waals surface area contributed by atoms with Crippen LogP contribution in [0.2, 0.25) is 0 Å². The van der Waals surface area contributed by atoms with Gasteiger partial charge in [0.25, 0.3) is 0 Å². The van der Waals surface area contributed by atoms with Crippen LogP contribution in [0.5, 0.6) is 0 Å². The molecule has 0 bridgehead atoms. The first-order chi connectivity index (χ1) is 14.4.